The number of fused-ring (bicyclic) bond motifs is 3. The van der Waals surface area contributed by atoms with Crippen LogP contribution < -0.4 is 10.5 Å². The van der Waals surface area contributed by atoms with E-state index in [4.69, 9.17) is 9.72 Å². The van der Waals surface area contributed by atoms with Crippen LogP contribution in [0.25, 0.3) is 11.3 Å². The van der Waals surface area contributed by atoms with Crippen molar-refractivity contribution in [3.63, 3.8) is 0 Å². The second kappa shape index (κ2) is 6.87. The van der Waals surface area contributed by atoms with E-state index in [9.17, 15) is 4.79 Å². The number of aromatic nitrogens is 3. The van der Waals surface area contributed by atoms with E-state index in [2.05, 4.69) is 34.1 Å². The average molecular weight is 374 g/mol. The number of anilines is 1. The first-order valence-corrected chi connectivity index (χ1v) is 9.67. The number of morpholine rings is 1. The summed E-state index contributed by atoms with van der Waals surface area (Å²) in [5, 5.41) is 0. The van der Waals surface area contributed by atoms with Crippen LogP contribution in [0, 0.1) is 0 Å². The van der Waals surface area contributed by atoms with Crippen molar-refractivity contribution >= 4 is 5.95 Å². The lowest BCUT2D eigenvalue weighted by molar-refractivity contribution is 0.00176. The third kappa shape index (κ3) is 2.81. The molecule has 0 radical (unpaired) electrons. The minimum atomic E-state index is -0.0592. The molecule has 0 bridgehead atoms. The van der Waals surface area contributed by atoms with Crippen LogP contribution in [0.5, 0.6) is 0 Å². The largest absolute Gasteiger partial charge is 0.370 e. The third-order valence-corrected chi connectivity index (χ3v) is 5.79. The summed E-state index contributed by atoms with van der Waals surface area (Å²) < 4.78 is 7.83. The molecule has 2 unspecified atom stereocenters. The molecule has 28 heavy (non-hydrogen) atoms. The van der Waals surface area contributed by atoms with Gasteiger partial charge in [0.15, 0.2) is 0 Å². The van der Waals surface area contributed by atoms with Gasteiger partial charge in [-0.2, -0.15) is 0 Å². The molecule has 0 N–H and O–H groups in total. The molecular weight excluding hydrogens is 352 g/mol. The summed E-state index contributed by atoms with van der Waals surface area (Å²) in [6, 6.07) is 14.0. The molecule has 1 saturated heterocycles. The van der Waals surface area contributed by atoms with E-state index in [0.717, 1.165) is 24.9 Å². The summed E-state index contributed by atoms with van der Waals surface area (Å²) in [5.41, 5.74) is 4.14. The fourth-order valence-corrected chi connectivity index (χ4v) is 4.37. The molecule has 6 nitrogen and oxygen atoms in total. The van der Waals surface area contributed by atoms with E-state index in [1.54, 1.807) is 30.1 Å². The van der Waals surface area contributed by atoms with Crippen molar-refractivity contribution in [2.24, 2.45) is 7.05 Å². The van der Waals surface area contributed by atoms with Crippen molar-refractivity contribution in [3.8, 4) is 11.3 Å². The van der Waals surface area contributed by atoms with E-state index >= 15 is 0 Å². The fourth-order valence-electron chi connectivity index (χ4n) is 4.37. The highest BCUT2D eigenvalue weighted by molar-refractivity contribution is 5.59. The fraction of sp³-hybridized carbons (Fsp3) is 0.318. The monoisotopic (exact) mass is 374 g/mol. The number of ether oxygens (including phenoxy) is 1. The summed E-state index contributed by atoms with van der Waals surface area (Å²) in [6.45, 7) is 1.34. The maximum absolute atomic E-state index is 12.7. The highest BCUT2D eigenvalue weighted by atomic mass is 16.5. The summed E-state index contributed by atoms with van der Waals surface area (Å²) in [4.78, 5) is 23.9. The Kier molecular flexibility index (Phi) is 4.20. The number of hydrogen-bond acceptors (Lipinski definition) is 5. The van der Waals surface area contributed by atoms with Crippen molar-refractivity contribution < 1.29 is 4.74 Å². The number of aryl methyl sites for hydroxylation is 1. The molecule has 2 atom stereocenters. The Bertz CT molecular complexity index is 1060. The smallest absolute Gasteiger partial charge is 0.255 e. The maximum atomic E-state index is 12.7. The number of nitrogens with zero attached hydrogens (tertiary/aromatic N) is 4. The van der Waals surface area contributed by atoms with E-state index in [0.29, 0.717) is 18.2 Å². The normalized spacial score (nSPS) is 21.1. The second-order valence-corrected chi connectivity index (χ2v) is 7.36. The Morgan fingerprint density at radius 1 is 1.14 bits per heavy atom. The highest BCUT2D eigenvalue weighted by Gasteiger charge is 2.38. The molecule has 1 aliphatic carbocycles. The number of pyridine rings is 1. The van der Waals surface area contributed by atoms with Crippen LogP contribution in [-0.2, 0) is 18.2 Å². The first kappa shape index (κ1) is 17.1. The van der Waals surface area contributed by atoms with Gasteiger partial charge >= 0.3 is 0 Å². The van der Waals surface area contributed by atoms with Crippen molar-refractivity contribution in [2.75, 3.05) is 18.1 Å². The van der Waals surface area contributed by atoms with Crippen LogP contribution in [0.3, 0.4) is 0 Å². The van der Waals surface area contributed by atoms with Crippen LogP contribution in [0.2, 0.25) is 0 Å². The van der Waals surface area contributed by atoms with Gasteiger partial charge < -0.3 is 9.64 Å². The second-order valence-electron chi connectivity index (χ2n) is 7.36. The number of rotatable bonds is 2. The first-order chi connectivity index (χ1) is 13.7. The zero-order chi connectivity index (χ0) is 19.1. The zero-order valence-electron chi connectivity index (χ0n) is 15.8. The quantitative estimate of drug-likeness (QED) is 0.690. The molecule has 1 aliphatic heterocycles. The minimum absolute atomic E-state index is 0.0141. The molecule has 2 aliphatic rings. The predicted molar refractivity (Wildman–Crippen MR) is 107 cm³/mol. The molecular formula is C22H22N4O2. The summed E-state index contributed by atoms with van der Waals surface area (Å²) in [6.07, 6.45) is 5.44. The number of benzene rings is 1. The molecule has 1 aromatic carbocycles. The maximum Gasteiger partial charge on any atom is 0.255 e. The SMILES string of the molecule is Cn1c(N2CCOC3c4ccccc4CCC32)nc(-c2ccncc2)cc1=O. The molecule has 5 rings (SSSR count). The van der Waals surface area contributed by atoms with Crippen LogP contribution in [-0.4, -0.2) is 33.7 Å². The Hall–Kier alpha value is -2.99. The minimum Gasteiger partial charge on any atom is -0.370 e. The van der Waals surface area contributed by atoms with Gasteiger partial charge in [-0.15, -0.1) is 0 Å². The Labute approximate surface area is 163 Å². The lowest BCUT2D eigenvalue weighted by Gasteiger charge is -2.45. The Morgan fingerprint density at radius 2 is 1.96 bits per heavy atom. The summed E-state index contributed by atoms with van der Waals surface area (Å²) in [7, 11) is 1.79. The van der Waals surface area contributed by atoms with Gasteiger partial charge in [-0.05, 0) is 36.1 Å². The predicted octanol–water partition coefficient (Wildman–Crippen LogP) is 2.74. The molecule has 3 heterocycles. The molecule has 6 heteroatoms. The first-order valence-electron chi connectivity index (χ1n) is 9.67. The molecule has 1 fully saturated rings. The average Bonchev–Trinajstić information content (AvgIpc) is 2.75. The third-order valence-electron chi connectivity index (χ3n) is 5.79. The van der Waals surface area contributed by atoms with Gasteiger partial charge in [0.1, 0.15) is 6.10 Å². The van der Waals surface area contributed by atoms with Gasteiger partial charge in [-0.3, -0.25) is 14.3 Å². The lowest BCUT2D eigenvalue weighted by Crippen LogP contribution is -2.51. The van der Waals surface area contributed by atoms with Gasteiger partial charge in [0.05, 0.1) is 18.3 Å². The Morgan fingerprint density at radius 3 is 2.82 bits per heavy atom. The molecule has 3 aromatic rings. The van der Waals surface area contributed by atoms with E-state index in [-0.39, 0.29) is 17.7 Å². The van der Waals surface area contributed by atoms with E-state index in [1.165, 1.54) is 11.1 Å². The highest BCUT2D eigenvalue weighted by Crippen LogP contribution is 2.39. The van der Waals surface area contributed by atoms with Crippen LogP contribution in [0.4, 0.5) is 5.95 Å². The summed E-state index contributed by atoms with van der Waals surface area (Å²) >= 11 is 0. The molecule has 0 saturated carbocycles. The van der Waals surface area contributed by atoms with Crippen molar-refractivity contribution in [3.05, 3.63) is 76.3 Å². The van der Waals surface area contributed by atoms with Gasteiger partial charge in [-0.25, -0.2) is 4.98 Å². The van der Waals surface area contributed by atoms with Crippen LogP contribution in [0.1, 0.15) is 23.7 Å². The zero-order valence-corrected chi connectivity index (χ0v) is 15.8. The van der Waals surface area contributed by atoms with E-state index in [1.807, 2.05) is 12.1 Å². The number of hydrogen-bond donors (Lipinski definition) is 0. The van der Waals surface area contributed by atoms with Crippen molar-refractivity contribution in [2.45, 2.75) is 25.0 Å². The Balaban J connectivity index is 1.58. The van der Waals surface area contributed by atoms with Gasteiger partial charge in [0.2, 0.25) is 5.95 Å². The van der Waals surface area contributed by atoms with Gasteiger partial charge in [0, 0.05) is 37.6 Å². The van der Waals surface area contributed by atoms with Crippen LogP contribution in [0.15, 0.2) is 59.7 Å². The molecule has 0 spiro atoms. The van der Waals surface area contributed by atoms with Gasteiger partial charge in [0.25, 0.3) is 5.56 Å². The molecule has 2 aromatic heterocycles. The lowest BCUT2D eigenvalue weighted by atomic mass is 9.84. The van der Waals surface area contributed by atoms with Crippen molar-refractivity contribution in [1.29, 1.82) is 0 Å². The standard InChI is InChI=1S/C22H22N4O2/c1-25-20(27)14-18(16-8-10-23-11-9-16)24-22(25)26-12-13-28-21-17-5-3-2-4-15(17)6-7-19(21)26/h2-5,8-11,14,19,21H,6-7,12-13H2,1H3. The van der Waals surface area contributed by atoms with Crippen LogP contribution >= 0.6 is 0 Å². The van der Waals surface area contributed by atoms with Crippen molar-refractivity contribution in [1.82, 2.24) is 14.5 Å². The topological polar surface area (TPSA) is 60.2 Å². The molecule has 0 amide bonds. The van der Waals surface area contributed by atoms with E-state index < -0.39 is 0 Å². The van der Waals surface area contributed by atoms with Gasteiger partial charge in [-0.1, -0.05) is 24.3 Å². The summed E-state index contributed by atoms with van der Waals surface area (Å²) in [5.74, 6) is 0.706. The molecule has 142 valence electrons.